The van der Waals surface area contributed by atoms with Crippen LogP contribution in [0.2, 0.25) is 0 Å². The summed E-state index contributed by atoms with van der Waals surface area (Å²) >= 11 is 0. The Bertz CT molecular complexity index is 697. The molecule has 0 bridgehead atoms. The number of nitrogens with one attached hydrogen (secondary N) is 1. The van der Waals surface area contributed by atoms with E-state index in [0.29, 0.717) is 17.8 Å². The lowest BCUT2D eigenvalue weighted by atomic mass is 10.0. The average Bonchev–Trinajstić information content (AvgIpc) is 3.48. The third-order valence-corrected chi connectivity index (χ3v) is 4.67. The second-order valence-electron chi connectivity index (χ2n) is 6.39. The van der Waals surface area contributed by atoms with E-state index in [1.807, 2.05) is 12.3 Å². The summed E-state index contributed by atoms with van der Waals surface area (Å²) < 4.78 is 5.15. The fourth-order valence-corrected chi connectivity index (χ4v) is 3.20. The lowest BCUT2D eigenvalue weighted by molar-refractivity contribution is 0.397. The molecule has 2 aromatic rings. The van der Waals surface area contributed by atoms with Crippen LogP contribution in [0.5, 0.6) is 5.88 Å². The first-order valence-electron chi connectivity index (χ1n) is 8.52. The number of nitrogens with zero attached hydrogens (tertiary/aromatic N) is 5. The molecule has 2 aliphatic rings. The first-order chi connectivity index (χ1) is 11.8. The van der Waals surface area contributed by atoms with E-state index in [1.54, 1.807) is 13.3 Å². The zero-order valence-corrected chi connectivity index (χ0v) is 13.9. The van der Waals surface area contributed by atoms with Crippen LogP contribution in [-0.2, 0) is 0 Å². The summed E-state index contributed by atoms with van der Waals surface area (Å²) in [4.78, 5) is 19.9. The van der Waals surface area contributed by atoms with Gasteiger partial charge >= 0.3 is 0 Å². The van der Waals surface area contributed by atoms with Gasteiger partial charge in [0, 0.05) is 43.5 Å². The summed E-state index contributed by atoms with van der Waals surface area (Å²) in [6, 6.07) is 2.24. The van der Waals surface area contributed by atoms with Gasteiger partial charge in [-0.3, -0.25) is 4.98 Å². The summed E-state index contributed by atoms with van der Waals surface area (Å²) in [6.07, 6.45) is 9.74. The van der Waals surface area contributed by atoms with Crippen molar-refractivity contribution in [2.24, 2.45) is 0 Å². The lowest BCUT2D eigenvalue weighted by Gasteiger charge is -2.34. The van der Waals surface area contributed by atoms with Crippen LogP contribution in [0.3, 0.4) is 0 Å². The second kappa shape index (κ2) is 6.59. The number of aromatic nitrogens is 4. The lowest BCUT2D eigenvalue weighted by Crippen LogP contribution is -2.40. The summed E-state index contributed by atoms with van der Waals surface area (Å²) in [5.41, 5.74) is 1.18. The van der Waals surface area contributed by atoms with E-state index in [9.17, 15) is 0 Å². The number of rotatable bonds is 5. The molecule has 24 heavy (non-hydrogen) atoms. The minimum atomic E-state index is 0.405. The van der Waals surface area contributed by atoms with Crippen LogP contribution < -0.4 is 15.0 Å². The van der Waals surface area contributed by atoms with Gasteiger partial charge in [0.25, 0.3) is 0 Å². The van der Waals surface area contributed by atoms with Gasteiger partial charge in [-0.05, 0) is 25.7 Å². The predicted octanol–water partition coefficient (Wildman–Crippen LogP) is 2.23. The SMILES string of the molecule is COc1cc(NC2CCN(c3nccnc3C3CC3)CC2)ncn1. The van der Waals surface area contributed by atoms with Gasteiger partial charge in [0.1, 0.15) is 12.1 Å². The summed E-state index contributed by atoms with van der Waals surface area (Å²) in [6.45, 7) is 1.97. The minimum Gasteiger partial charge on any atom is -0.481 e. The molecule has 2 fully saturated rings. The Morgan fingerprint density at radius 2 is 1.83 bits per heavy atom. The molecule has 1 saturated carbocycles. The average molecular weight is 326 g/mol. The Hall–Kier alpha value is -2.44. The van der Waals surface area contributed by atoms with Gasteiger partial charge in [0.05, 0.1) is 12.8 Å². The van der Waals surface area contributed by atoms with Gasteiger partial charge in [0.2, 0.25) is 5.88 Å². The van der Waals surface area contributed by atoms with Crippen LogP contribution in [0.25, 0.3) is 0 Å². The number of hydrogen-bond donors (Lipinski definition) is 1. The smallest absolute Gasteiger partial charge is 0.218 e. The maximum Gasteiger partial charge on any atom is 0.218 e. The van der Waals surface area contributed by atoms with E-state index in [0.717, 1.165) is 37.6 Å². The van der Waals surface area contributed by atoms with Crippen LogP contribution >= 0.6 is 0 Å². The maximum absolute atomic E-state index is 5.15. The van der Waals surface area contributed by atoms with Crippen molar-refractivity contribution in [1.29, 1.82) is 0 Å². The molecule has 1 saturated heterocycles. The number of ether oxygens (including phenoxy) is 1. The largest absolute Gasteiger partial charge is 0.481 e. The fraction of sp³-hybridized carbons (Fsp3) is 0.529. The first kappa shape index (κ1) is 15.1. The zero-order chi connectivity index (χ0) is 16.4. The van der Waals surface area contributed by atoms with Crippen molar-refractivity contribution in [3.63, 3.8) is 0 Å². The Labute approximate surface area is 141 Å². The molecule has 3 heterocycles. The molecule has 4 rings (SSSR count). The van der Waals surface area contributed by atoms with Crippen molar-refractivity contribution in [2.75, 3.05) is 30.4 Å². The second-order valence-corrected chi connectivity index (χ2v) is 6.39. The number of anilines is 2. The van der Waals surface area contributed by atoms with Gasteiger partial charge in [-0.2, -0.15) is 0 Å². The molecule has 0 unspecified atom stereocenters. The van der Waals surface area contributed by atoms with Gasteiger partial charge in [-0.1, -0.05) is 0 Å². The molecule has 0 radical (unpaired) electrons. The highest BCUT2D eigenvalue weighted by Crippen LogP contribution is 2.42. The summed E-state index contributed by atoms with van der Waals surface area (Å²) in [5.74, 6) is 3.11. The van der Waals surface area contributed by atoms with Crippen LogP contribution in [0, 0.1) is 0 Å². The zero-order valence-electron chi connectivity index (χ0n) is 13.9. The Balaban J connectivity index is 1.38. The third kappa shape index (κ3) is 3.25. The monoisotopic (exact) mass is 326 g/mol. The topological polar surface area (TPSA) is 76.1 Å². The maximum atomic E-state index is 5.15. The molecular formula is C17H22N6O. The van der Waals surface area contributed by atoms with E-state index in [4.69, 9.17) is 4.74 Å². The molecule has 126 valence electrons. The molecule has 2 aromatic heterocycles. The highest BCUT2D eigenvalue weighted by molar-refractivity contribution is 5.47. The van der Waals surface area contributed by atoms with Crippen molar-refractivity contribution < 1.29 is 4.74 Å². The van der Waals surface area contributed by atoms with Gasteiger partial charge in [-0.15, -0.1) is 0 Å². The van der Waals surface area contributed by atoms with E-state index in [1.165, 1.54) is 24.9 Å². The van der Waals surface area contributed by atoms with Crippen LogP contribution in [0.1, 0.15) is 37.3 Å². The standard InChI is InChI=1S/C17H22N6O/c1-24-15-10-14(20-11-21-15)22-13-4-8-23(9-5-13)17-16(12-2-3-12)18-6-7-19-17/h6-7,10-13H,2-5,8-9H2,1H3,(H,20,21,22). The molecular weight excluding hydrogens is 304 g/mol. The molecule has 7 nitrogen and oxygen atoms in total. The Morgan fingerprint density at radius 3 is 2.58 bits per heavy atom. The first-order valence-corrected chi connectivity index (χ1v) is 8.52. The molecule has 0 atom stereocenters. The summed E-state index contributed by atoms with van der Waals surface area (Å²) in [7, 11) is 1.61. The van der Waals surface area contributed by atoms with E-state index in [2.05, 4.69) is 30.2 Å². The molecule has 7 heteroatoms. The van der Waals surface area contributed by atoms with Crippen molar-refractivity contribution in [3.05, 3.63) is 30.5 Å². The Kier molecular flexibility index (Phi) is 4.15. The Morgan fingerprint density at radius 1 is 1.04 bits per heavy atom. The van der Waals surface area contributed by atoms with Crippen molar-refractivity contribution in [3.8, 4) is 5.88 Å². The third-order valence-electron chi connectivity index (χ3n) is 4.67. The van der Waals surface area contributed by atoms with Crippen molar-refractivity contribution in [1.82, 2.24) is 19.9 Å². The van der Waals surface area contributed by atoms with E-state index < -0.39 is 0 Å². The van der Waals surface area contributed by atoms with Gasteiger partial charge in [-0.25, -0.2) is 15.0 Å². The number of methoxy groups -OCH3 is 1. The van der Waals surface area contributed by atoms with Crippen molar-refractivity contribution in [2.45, 2.75) is 37.6 Å². The predicted molar refractivity (Wildman–Crippen MR) is 91.4 cm³/mol. The highest BCUT2D eigenvalue weighted by atomic mass is 16.5. The fourth-order valence-electron chi connectivity index (χ4n) is 3.20. The van der Waals surface area contributed by atoms with Gasteiger partial charge < -0.3 is 15.0 Å². The molecule has 1 aliphatic heterocycles. The highest BCUT2D eigenvalue weighted by Gasteiger charge is 2.31. The normalized spacial score (nSPS) is 18.5. The van der Waals surface area contributed by atoms with Crippen molar-refractivity contribution >= 4 is 11.6 Å². The molecule has 0 spiro atoms. The quantitative estimate of drug-likeness (QED) is 0.903. The van der Waals surface area contributed by atoms with Crippen LogP contribution in [0.4, 0.5) is 11.6 Å². The van der Waals surface area contributed by atoms with Gasteiger partial charge in [0.15, 0.2) is 5.82 Å². The van der Waals surface area contributed by atoms with Crippen LogP contribution in [-0.4, -0.2) is 46.2 Å². The molecule has 1 aliphatic carbocycles. The number of hydrogen-bond acceptors (Lipinski definition) is 7. The molecule has 0 aromatic carbocycles. The van der Waals surface area contributed by atoms with E-state index in [-0.39, 0.29) is 0 Å². The summed E-state index contributed by atoms with van der Waals surface area (Å²) in [5, 5.41) is 3.48. The number of piperidine rings is 1. The minimum absolute atomic E-state index is 0.405. The van der Waals surface area contributed by atoms with E-state index >= 15 is 0 Å². The molecule has 1 N–H and O–H groups in total. The molecule has 0 amide bonds. The van der Waals surface area contributed by atoms with Crippen LogP contribution in [0.15, 0.2) is 24.8 Å².